The lowest BCUT2D eigenvalue weighted by atomic mass is 10.2. The van der Waals surface area contributed by atoms with Crippen molar-refractivity contribution in [3.63, 3.8) is 0 Å². The number of anilines is 4. The van der Waals surface area contributed by atoms with Crippen LogP contribution >= 0.6 is 11.6 Å². The first-order chi connectivity index (χ1) is 17.6. The van der Waals surface area contributed by atoms with Gasteiger partial charge in [0.15, 0.2) is 0 Å². The van der Waals surface area contributed by atoms with Crippen LogP contribution in [-0.4, -0.2) is 41.9 Å². The summed E-state index contributed by atoms with van der Waals surface area (Å²) in [5.41, 5.74) is 11.2. The summed E-state index contributed by atoms with van der Waals surface area (Å²) in [6.07, 6.45) is 0. The first-order valence-corrected chi connectivity index (χ1v) is 11.8. The number of azo groups is 1. The van der Waals surface area contributed by atoms with E-state index in [2.05, 4.69) is 57.0 Å². The van der Waals surface area contributed by atoms with Crippen molar-refractivity contribution in [1.29, 1.82) is 5.41 Å². The molecule has 0 fully saturated rings. The highest BCUT2D eigenvalue weighted by Crippen LogP contribution is 2.27. The zero-order chi connectivity index (χ0) is 26.6. The molecule has 4 rings (SSSR count). The third kappa shape index (κ3) is 6.84. The van der Waals surface area contributed by atoms with Gasteiger partial charge in [0.05, 0.1) is 32.5 Å². The summed E-state index contributed by atoms with van der Waals surface area (Å²) >= 11 is 6.16. The number of benzene rings is 3. The Bertz CT molecular complexity index is 1440. The minimum atomic E-state index is 0.0129. The summed E-state index contributed by atoms with van der Waals surface area (Å²) in [6, 6.07) is 20.7. The molecule has 0 saturated carbocycles. The molecule has 11 heteroatoms. The summed E-state index contributed by atoms with van der Waals surface area (Å²) in [5.74, 6) is 0.655. The van der Waals surface area contributed by atoms with Crippen molar-refractivity contribution >= 4 is 57.8 Å². The van der Waals surface area contributed by atoms with Crippen LogP contribution in [0.3, 0.4) is 0 Å². The molecule has 1 aromatic heterocycles. The zero-order valence-corrected chi connectivity index (χ0v) is 21.7. The number of nitrogens with two attached hydrogens (primary N) is 1. The van der Waals surface area contributed by atoms with E-state index in [1.807, 2.05) is 49.4 Å². The molecule has 10 nitrogen and oxygen atoms in total. The Morgan fingerprint density at radius 3 is 2.00 bits per heavy atom. The van der Waals surface area contributed by atoms with Gasteiger partial charge >= 0.3 is 0 Å². The summed E-state index contributed by atoms with van der Waals surface area (Å²) < 4.78 is 0.722. The van der Waals surface area contributed by atoms with Crippen LogP contribution in [0.5, 0.6) is 0 Å². The van der Waals surface area contributed by atoms with E-state index in [0.29, 0.717) is 23.1 Å². The molecule has 0 amide bonds. The van der Waals surface area contributed by atoms with Gasteiger partial charge in [-0.2, -0.15) is 25.2 Å². The quantitative estimate of drug-likeness (QED) is 0.0951. The normalized spacial score (nSPS) is 11.5. The van der Waals surface area contributed by atoms with E-state index in [1.165, 1.54) is 5.69 Å². The second kappa shape index (κ2) is 10.7. The maximum Gasteiger partial charge on any atom is 0.233 e. The van der Waals surface area contributed by atoms with Crippen molar-refractivity contribution < 1.29 is 0 Å². The highest BCUT2D eigenvalue weighted by molar-refractivity contribution is 6.28. The van der Waals surface area contributed by atoms with Crippen molar-refractivity contribution in [3.8, 4) is 0 Å². The highest BCUT2D eigenvalue weighted by Gasteiger charge is 2.12. The molecule has 5 N–H and O–H groups in total. The van der Waals surface area contributed by atoms with Gasteiger partial charge < -0.3 is 16.4 Å². The maximum atomic E-state index is 7.46. The monoisotopic (exact) mass is 515 g/mol. The molecule has 0 atom stereocenters. The van der Waals surface area contributed by atoms with Crippen LogP contribution in [0.25, 0.3) is 0 Å². The third-order valence-corrected chi connectivity index (χ3v) is 5.58. The minimum absolute atomic E-state index is 0.0129. The van der Waals surface area contributed by atoms with E-state index in [4.69, 9.17) is 22.7 Å². The van der Waals surface area contributed by atoms with Crippen molar-refractivity contribution in [1.82, 2.24) is 19.4 Å². The minimum Gasteiger partial charge on any atom is -0.384 e. The molecule has 0 aliphatic heterocycles. The van der Waals surface area contributed by atoms with Gasteiger partial charge in [0.1, 0.15) is 11.5 Å². The molecule has 3 aromatic carbocycles. The van der Waals surface area contributed by atoms with E-state index < -0.39 is 0 Å². The van der Waals surface area contributed by atoms with Crippen molar-refractivity contribution in [3.05, 3.63) is 83.1 Å². The topological polar surface area (TPSA) is 137 Å². The van der Waals surface area contributed by atoms with E-state index in [9.17, 15) is 0 Å². The lowest BCUT2D eigenvalue weighted by Crippen LogP contribution is -2.34. The van der Waals surface area contributed by atoms with Gasteiger partial charge in [0.25, 0.3) is 0 Å². The molecule has 1 heterocycles. The van der Waals surface area contributed by atoms with Crippen LogP contribution in [0.1, 0.15) is 11.1 Å². The number of hydrogen-bond donors (Lipinski definition) is 4. The zero-order valence-electron chi connectivity index (χ0n) is 21.0. The number of quaternary nitrogens is 1. The van der Waals surface area contributed by atoms with Crippen molar-refractivity contribution in [2.75, 3.05) is 31.8 Å². The molecular weight excluding hydrogens is 488 g/mol. The fourth-order valence-corrected chi connectivity index (χ4v) is 3.54. The van der Waals surface area contributed by atoms with Gasteiger partial charge in [0, 0.05) is 29.1 Å². The summed E-state index contributed by atoms with van der Waals surface area (Å²) in [7, 11) is 6.33. The predicted octanol–water partition coefficient (Wildman–Crippen LogP) is 6.22. The molecule has 0 radical (unpaired) electrons. The Balaban J connectivity index is 1.46. The molecule has 0 spiro atoms. The average molecular weight is 516 g/mol. The van der Waals surface area contributed by atoms with Crippen molar-refractivity contribution in [2.45, 2.75) is 6.92 Å². The lowest BCUT2D eigenvalue weighted by Gasteiger charge is -2.23. The van der Waals surface area contributed by atoms with Crippen molar-refractivity contribution in [2.24, 2.45) is 16.0 Å². The largest absolute Gasteiger partial charge is 0.384 e. The first kappa shape index (κ1) is 25.7. The molecule has 4 aromatic rings. The van der Waals surface area contributed by atoms with Gasteiger partial charge in [-0.05, 0) is 78.7 Å². The number of nitrogen functional groups attached to an aromatic ring is 1. The molecule has 0 saturated heterocycles. The number of aromatic nitrogens is 3. The molecule has 0 unspecified atom stereocenters. The van der Waals surface area contributed by atoms with Gasteiger partial charge in [-0.3, -0.25) is 9.89 Å². The van der Waals surface area contributed by atoms with Crippen LogP contribution < -0.4 is 20.9 Å². The number of amidine groups is 1. The lowest BCUT2D eigenvalue weighted by molar-refractivity contribution is 0.486. The molecule has 0 aliphatic carbocycles. The number of nitrogens with zero attached hydrogens (tertiary/aromatic N) is 6. The number of hydrogen-bond acceptors (Lipinski definition) is 8. The van der Waals surface area contributed by atoms with Gasteiger partial charge in [-0.1, -0.05) is 0 Å². The standard InChI is InChI=1S/C26H28ClN10/c1-16-15-20(11-14-22(16)36-35-19-7-5-17(6-8-19)23(28)29)31-26-33-24(27)32-25(34-26)30-18-9-12-21(13-10-18)37(2,3)4/h5-15H,1-4H3,(H3,28,29)(H2,30,31,32,33,34)/q+1. The van der Waals surface area contributed by atoms with Gasteiger partial charge in [0.2, 0.25) is 17.2 Å². The van der Waals surface area contributed by atoms with Gasteiger partial charge in [-0.15, -0.1) is 0 Å². The second-order valence-corrected chi connectivity index (χ2v) is 9.56. The summed E-state index contributed by atoms with van der Waals surface area (Å²) in [4.78, 5) is 12.8. The van der Waals surface area contributed by atoms with Crippen LogP contribution in [0.15, 0.2) is 77.0 Å². The number of rotatable bonds is 8. The van der Waals surface area contributed by atoms with E-state index in [0.717, 1.165) is 27.1 Å². The number of halogens is 1. The average Bonchev–Trinajstić information content (AvgIpc) is 2.83. The predicted molar refractivity (Wildman–Crippen MR) is 150 cm³/mol. The fraction of sp³-hybridized carbons (Fsp3) is 0.154. The number of aryl methyl sites for hydroxylation is 1. The maximum absolute atomic E-state index is 7.46. The van der Waals surface area contributed by atoms with E-state index in [-0.39, 0.29) is 11.1 Å². The van der Waals surface area contributed by atoms with Crippen LogP contribution in [-0.2, 0) is 0 Å². The Kier molecular flexibility index (Phi) is 7.42. The van der Waals surface area contributed by atoms with Gasteiger partial charge in [-0.25, -0.2) is 0 Å². The highest BCUT2D eigenvalue weighted by atomic mass is 35.5. The Morgan fingerprint density at radius 2 is 1.43 bits per heavy atom. The van der Waals surface area contributed by atoms with E-state index >= 15 is 0 Å². The Hall–Kier alpha value is -4.41. The van der Waals surface area contributed by atoms with Crippen LogP contribution in [0.2, 0.25) is 5.28 Å². The molecule has 37 heavy (non-hydrogen) atoms. The number of nitrogens with one attached hydrogen (secondary N) is 3. The Morgan fingerprint density at radius 1 is 0.838 bits per heavy atom. The molecule has 0 bridgehead atoms. The van der Waals surface area contributed by atoms with Crippen LogP contribution in [0, 0.1) is 12.3 Å². The fourth-order valence-electron chi connectivity index (χ4n) is 3.38. The molecule has 188 valence electrons. The summed E-state index contributed by atoms with van der Waals surface area (Å²) in [5, 5.41) is 22.5. The first-order valence-electron chi connectivity index (χ1n) is 11.4. The van der Waals surface area contributed by atoms with Crippen LogP contribution in [0.4, 0.5) is 40.3 Å². The molecular formula is C26H28ClN10+. The SMILES string of the molecule is Cc1cc(Nc2nc(Cl)nc(Nc3ccc([N+](C)(C)C)cc3)n2)ccc1N=Nc1ccc(C(=N)N)cc1. The Labute approximate surface area is 220 Å². The summed E-state index contributed by atoms with van der Waals surface area (Å²) in [6.45, 7) is 1.94. The second-order valence-electron chi connectivity index (χ2n) is 9.22. The third-order valence-electron chi connectivity index (χ3n) is 5.41. The molecule has 0 aliphatic rings. The van der Waals surface area contributed by atoms with E-state index in [1.54, 1.807) is 24.3 Å². The smallest absolute Gasteiger partial charge is 0.233 e.